The zero-order valence-corrected chi connectivity index (χ0v) is 16.6. The Labute approximate surface area is 176 Å². The summed E-state index contributed by atoms with van der Waals surface area (Å²) >= 11 is 1.44. The third-order valence-corrected chi connectivity index (χ3v) is 6.23. The summed E-state index contributed by atoms with van der Waals surface area (Å²) in [5.74, 6) is -0.925. The minimum absolute atomic E-state index is 0.102. The Morgan fingerprint density at radius 1 is 1.00 bits per heavy atom. The lowest BCUT2D eigenvalue weighted by Gasteiger charge is -2.23. The Hall–Kier alpha value is -3.64. The van der Waals surface area contributed by atoms with Crippen molar-refractivity contribution in [2.75, 3.05) is 0 Å². The number of carbonyl (C=O) groups is 2. The zero-order valence-electron chi connectivity index (χ0n) is 15.8. The van der Waals surface area contributed by atoms with Crippen LogP contribution in [-0.2, 0) is 16.1 Å². The number of hydrogen-bond donors (Lipinski definition) is 1. The van der Waals surface area contributed by atoms with Gasteiger partial charge in [0.2, 0.25) is 0 Å². The lowest BCUT2D eigenvalue weighted by molar-refractivity contribution is -0.140. The van der Waals surface area contributed by atoms with E-state index in [0.717, 1.165) is 15.6 Å². The summed E-state index contributed by atoms with van der Waals surface area (Å²) in [4.78, 5) is 28.3. The van der Waals surface area contributed by atoms with Crippen LogP contribution in [0.2, 0.25) is 0 Å². The number of likely N-dealkylation sites (tertiary alicyclic amines) is 1. The van der Waals surface area contributed by atoms with Crippen molar-refractivity contribution in [1.82, 2.24) is 4.90 Å². The Balaban J connectivity index is 1.70. The number of aliphatic hydroxyl groups is 1. The van der Waals surface area contributed by atoms with Crippen molar-refractivity contribution in [2.45, 2.75) is 12.6 Å². The molecule has 0 bridgehead atoms. The van der Waals surface area contributed by atoms with Crippen molar-refractivity contribution in [2.24, 2.45) is 0 Å². The van der Waals surface area contributed by atoms with Gasteiger partial charge in [0.05, 0.1) is 18.4 Å². The molecule has 2 aromatic heterocycles. The molecule has 0 aliphatic carbocycles. The number of Topliss-reactive ketones (excluding diaryl/α,β-unsaturated/α-hetero) is 1. The Bertz CT molecular complexity index is 1270. The average Bonchev–Trinajstić information content (AvgIpc) is 3.52. The summed E-state index contributed by atoms with van der Waals surface area (Å²) in [7, 11) is 0. The number of amides is 1. The topological polar surface area (TPSA) is 70.8 Å². The van der Waals surface area contributed by atoms with Gasteiger partial charge in [0, 0.05) is 10.4 Å². The van der Waals surface area contributed by atoms with E-state index in [9.17, 15) is 14.7 Å². The summed E-state index contributed by atoms with van der Waals surface area (Å²) < 4.78 is 5.40. The number of ketones is 1. The Kier molecular flexibility index (Phi) is 4.48. The first kappa shape index (κ1) is 18.4. The van der Waals surface area contributed by atoms with Gasteiger partial charge in [0.15, 0.2) is 0 Å². The van der Waals surface area contributed by atoms with Crippen molar-refractivity contribution in [3.05, 3.63) is 100 Å². The number of nitrogens with zero attached hydrogens (tertiary/aromatic N) is 1. The molecule has 1 N–H and O–H groups in total. The van der Waals surface area contributed by atoms with Crippen LogP contribution in [0.1, 0.15) is 22.2 Å². The molecule has 4 aromatic rings. The predicted molar refractivity (Wildman–Crippen MR) is 115 cm³/mol. The summed E-state index contributed by atoms with van der Waals surface area (Å²) in [6, 6.07) is 19.7. The van der Waals surface area contributed by atoms with Gasteiger partial charge >= 0.3 is 0 Å². The van der Waals surface area contributed by atoms with Crippen LogP contribution in [0.5, 0.6) is 0 Å². The number of carbonyl (C=O) groups excluding carboxylic acids is 2. The van der Waals surface area contributed by atoms with E-state index in [0.29, 0.717) is 11.3 Å². The molecule has 148 valence electrons. The second-order valence-electron chi connectivity index (χ2n) is 7.05. The predicted octanol–water partition coefficient (Wildman–Crippen LogP) is 5.12. The lowest BCUT2D eigenvalue weighted by atomic mass is 9.96. The maximum absolute atomic E-state index is 13.1. The SMILES string of the molecule is O=C1C(=O)N(Cc2ccco2)C(c2cccs2)/C1=C(/O)c1cccc2ccccc12. The molecular weight excluding hydrogens is 398 g/mol. The van der Waals surface area contributed by atoms with Gasteiger partial charge in [-0.1, -0.05) is 48.5 Å². The zero-order chi connectivity index (χ0) is 20.7. The monoisotopic (exact) mass is 415 g/mol. The summed E-state index contributed by atoms with van der Waals surface area (Å²) in [5.41, 5.74) is 0.635. The van der Waals surface area contributed by atoms with E-state index in [4.69, 9.17) is 4.42 Å². The van der Waals surface area contributed by atoms with Gasteiger partial charge < -0.3 is 14.4 Å². The van der Waals surface area contributed by atoms with Gasteiger partial charge in [0.1, 0.15) is 17.6 Å². The third kappa shape index (κ3) is 2.93. The van der Waals surface area contributed by atoms with Crippen LogP contribution >= 0.6 is 11.3 Å². The molecule has 1 aliphatic rings. The van der Waals surface area contributed by atoms with Gasteiger partial charge in [-0.05, 0) is 34.4 Å². The molecule has 0 saturated carbocycles. The molecule has 1 fully saturated rings. The van der Waals surface area contributed by atoms with Crippen LogP contribution < -0.4 is 0 Å². The van der Waals surface area contributed by atoms with Gasteiger partial charge in [-0.15, -0.1) is 11.3 Å². The second kappa shape index (κ2) is 7.31. The molecule has 2 aromatic carbocycles. The molecule has 1 amide bonds. The molecule has 3 heterocycles. The fourth-order valence-corrected chi connectivity index (χ4v) is 4.78. The summed E-state index contributed by atoms with van der Waals surface area (Å²) in [6.45, 7) is 0.145. The smallest absolute Gasteiger partial charge is 0.296 e. The lowest BCUT2D eigenvalue weighted by Crippen LogP contribution is -2.28. The van der Waals surface area contributed by atoms with Crippen molar-refractivity contribution < 1.29 is 19.1 Å². The fourth-order valence-electron chi connectivity index (χ4n) is 3.93. The molecule has 0 spiro atoms. The quantitative estimate of drug-likeness (QED) is 0.285. The number of rotatable bonds is 4. The third-order valence-electron chi connectivity index (χ3n) is 5.30. The highest BCUT2D eigenvalue weighted by Gasteiger charge is 2.46. The maximum Gasteiger partial charge on any atom is 0.296 e. The summed E-state index contributed by atoms with van der Waals surface area (Å²) in [6.07, 6.45) is 1.53. The number of thiophene rings is 1. The first-order chi connectivity index (χ1) is 14.6. The summed E-state index contributed by atoms with van der Waals surface area (Å²) in [5, 5.41) is 14.9. The largest absolute Gasteiger partial charge is 0.507 e. The number of aliphatic hydroxyl groups excluding tert-OH is 1. The van der Waals surface area contributed by atoms with E-state index in [2.05, 4.69) is 0 Å². The standard InChI is InChI=1S/C24H17NO4S/c26-22(18-10-3-7-15-6-1-2-9-17(15)18)20-21(19-11-5-13-30-19)25(24(28)23(20)27)14-16-8-4-12-29-16/h1-13,21,26H,14H2/b22-20-. The van der Waals surface area contributed by atoms with Gasteiger partial charge in [-0.2, -0.15) is 0 Å². The van der Waals surface area contributed by atoms with E-state index >= 15 is 0 Å². The molecule has 6 heteroatoms. The number of benzene rings is 2. The molecule has 0 radical (unpaired) electrons. The molecule has 5 rings (SSSR count). The van der Waals surface area contributed by atoms with Crippen LogP contribution in [0.25, 0.3) is 16.5 Å². The molecule has 5 nitrogen and oxygen atoms in total. The molecule has 1 saturated heterocycles. The normalized spacial score (nSPS) is 18.4. The number of furan rings is 1. The van der Waals surface area contributed by atoms with Crippen molar-refractivity contribution >= 4 is 39.6 Å². The van der Waals surface area contributed by atoms with Crippen molar-refractivity contribution in [3.8, 4) is 0 Å². The van der Waals surface area contributed by atoms with E-state index in [1.54, 1.807) is 18.2 Å². The average molecular weight is 415 g/mol. The van der Waals surface area contributed by atoms with Crippen molar-refractivity contribution in [1.29, 1.82) is 0 Å². The highest BCUT2D eigenvalue weighted by atomic mass is 32.1. The van der Waals surface area contributed by atoms with E-state index < -0.39 is 17.7 Å². The second-order valence-corrected chi connectivity index (χ2v) is 8.03. The maximum atomic E-state index is 13.1. The molecule has 30 heavy (non-hydrogen) atoms. The van der Waals surface area contributed by atoms with Gasteiger partial charge in [-0.3, -0.25) is 9.59 Å². The minimum atomic E-state index is -0.689. The molecular formula is C24H17NO4S. The van der Waals surface area contributed by atoms with E-state index in [-0.39, 0.29) is 17.9 Å². The van der Waals surface area contributed by atoms with E-state index in [1.807, 2.05) is 53.9 Å². The molecule has 1 atom stereocenters. The molecule has 1 aliphatic heterocycles. The van der Waals surface area contributed by atoms with Crippen LogP contribution in [0.3, 0.4) is 0 Å². The van der Waals surface area contributed by atoms with Gasteiger partial charge in [0.25, 0.3) is 11.7 Å². The minimum Gasteiger partial charge on any atom is -0.507 e. The highest BCUT2D eigenvalue weighted by Crippen LogP contribution is 2.42. The number of fused-ring (bicyclic) bond motifs is 1. The first-order valence-corrected chi connectivity index (χ1v) is 10.4. The number of hydrogen-bond acceptors (Lipinski definition) is 5. The fraction of sp³-hybridized carbons (Fsp3) is 0.0833. The van der Waals surface area contributed by atoms with Crippen LogP contribution in [0, 0.1) is 0 Å². The van der Waals surface area contributed by atoms with Crippen LogP contribution in [-0.4, -0.2) is 21.7 Å². The molecule has 1 unspecified atom stereocenters. The Morgan fingerprint density at radius 3 is 2.60 bits per heavy atom. The van der Waals surface area contributed by atoms with Gasteiger partial charge in [-0.25, -0.2) is 0 Å². The van der Waals surface area contributed by atoms with Crippen LogP contribution in [0.4, 0.5) is 0 Å². The first-order valence-electron chi connectivity index (χ1n) is 9.47. The van der Waals surface area contributed by atoms with Crippen LogP contribution in [0.15, 0.2) is 88.4 Å². The Morgan fingerprint density at radius 2 is 1.83 bits per heavy atom. The van der Waals surface area contributed by atoms with Crippen molar-refractivity contribution in [3.63, 3.8) is 0 Å². The highest BCUT2D eigenvalue weighted by molar-refractivity contribution is 7.10. The van der Waals surface area contributed by atoms with E-state index in [1.165, 1.54) is 22.5 Å².